The van der Waals surface area contributed by atoms with Crippen LogP contribution in [0.1, 0.15) is 18.4 Å². The summed E-state index contributed by atoms with van der Waals surface area (Å²) in [6.45, 7) is 4.29. The molecule has 148 valence electrons. The van der Waals surface area contributed by atoms with Gasteiger partial charge < -0.3 is 26.4 Å². The van der Waals surface area contributed by atoms with Crippen LogP contribution >= 0.6 is 0 Å². The molecule has 28 heavy (non-hydrogen) atoms. The molecule has 1 unspecified atom stereocenters. The van der Waals surface area contributed by atoms with Gasteiger partial charge in [0.2, 0.25) is 0 Å². The Morgan fingerprint density at radius 1 is 1.18 bits per heavy atom. The lowest BCUT2D eigenvalue weighted by Crippen LogP contribution is -2.31. The summed E-state index contributed by atoms with van der Waals surface area (Å²) in [4.78, 5) is 4.64. The van der Waals surface area contributed by atoms with Crippen molar-refractivity contribution in [2.45, 2.75) is 12.8 Å². The number of phenols is 1. The summed E-state index contributed by atoms with van der Waals surface area (Å²) in [6.07, 6.45) is 9.54. The molecule has 3 heterocycles. The van der Waals surface area contributed by atoms with E-state index in [-0.39, 0.29) is 5.75 Å². The van der Waals surface area contributed by atoms with E-state index in [4.69, 9.17) is 11.5 Å². The second-order valence-corrected chi connectivity index (χ2v) is 8.02. The lowest BCUT2D eigenvalue weighted by molar-refractivity contribution is 0.279. The first kappa shape index (κ1) is 18.4. The number of nitrogens with zero attached hydrogens (tertiary/aromatic N) is 4. The van der Waals surface area contributed by atoms with Crippen LogP contribution in [-0.2, 0) is 0 Å². The molecule has 1 atom stereocenters. The summed E-state index contributed by atoms with van der Waals surface area (Å²) in [5.74, 6) is 0.838. The zero-order valence-electron chi connectivity index (χ0n) is 16.3. The number of hydrogen-bond donors (Lipinski definition) is 3. The largest absolute Gasteiger partial charge is 0.507 e. The fourth-order valence-corrected chi connectivity index (χ4v) is 4.35. The van der Waals surface area contributed by atoms with Gasteiger partial charge in [0.05, 0.1) is 11.5 Å². The minimum absolute atomic E-state index is 0.114. The molecule has 5 N–H and O–H groups in total. The average molecular weight is 380 g/mol. The summed E-state index contributed by atoms with van der Waals surface area (Å²) in [7, 11) is 2.18. The summed E-state index contributed by atoms with van der Waals surface area (Å²) < 4.78 is 1.69. The van der Waals surface area contributed by atoms with Crippen LogP contribution in [0, 0.1) is 5.41 Å². The van der Waals surface area contributed by atoms with Gasteiger partial charge in [-0.05, 0) is 56.8 Å². The van der Waals surface area contributed by atoms with E-state index in [0.717, 1.165) is 37.7 Å². The highest BCUT2D eigenvalue weighted by molar-refractivity contribution is 5.70. The Bertz CT molecular complexity index is 904. The van der Waals surface area contributed by atoms with E-state index in [1.54, 1.807) is 29.1 Å². The van der Waals surface area contributed by atoms with E-state index in [9.17, 15) is 5.11 Å². The molecule has 2 saturated heterocycles. The van der Waals surface area contributed by atoms with Gasteiger partial charge in [-0.3, -0.25) is 0 Å². The lowest BCUT2D eigenvalue weighted by Gasteiger charge is -2.24. The molecule has 0 radical (unpaired) electrons. The molecule has 7 heteroatoms. The summed E-state index contributed by atoms with van der Waals surface area (Å²) in [5, 5.41) is 14.5. The van der Waals surface area contributed by atoms with Gasteiger partial charge >= 0.3 is 0 Å². The van der Waals surface area contributed by atoms with Crippen molar-refractivity contribution in [1.29, 1.82) is 0 Å². The van der Waals surface area contributed by atoms with E-state index < -0.39 is 0 Å². The number of likely N-dealkylation sites (tertiary alicyclic amines) is 2. The molecule has 1 spiro atoms. The van der Waals surface area contributed by atoms with Gasteiger partial charge in [-0.2, -0.15) is 5.10 Å². The Hall–Kier alpha value is -2.93. The van der Waals surface area contributed by atoms with Crippen LogP contribution in [0.3, 0.4) is 0 Å². The van der Waals surface area contributed by atoms with Gasteiger partial charge in [0.1, 0.15) is 5.75 Å². The Morgan fingerprint density at radius 2 is 2.00 bits per heavy atom. The van der Waals surface area contributed by atoms with E-state index in [1.807, 2.05) is 24.4 Å². The van der Waals surface area contributed by atoms with Crippen molar-refractivity contribution in [1.82, 2.24) is 19.6 Å². The minimum Gasteiger partial charge on any atom is -0.507 e. The first-order valence-corrected chi connectivity index (χ1v) is 9.66. The normalized spacial score (nSPS) is 23.8. The summed E-state index contributed by atoms with van der Waals surface area (Å²) >= 11 is 0. The predicted molar refractivity (Wildman–Crippen MR) is 110 cm³/mol. The van der Waals surface area contributed by atoms with Crippen molar-refractivity contribution in [3.8, 4) is 11.4 Å². The molecule has 0 amide bonds. The molecule has 1 aromatic carbocycles. The summed E-state index contributed by atoms with van der Waals surface area (Å²) in [5.41, 5.74) is 14.7. The number of benzene rings is 1. The van der Waals surface area contributed by atoms with Gasteiger partial charge in [0.25, 0.3) is 0 Å². The molecule has 0 bridgehead atoms. The third kappa shape index (κ3) is 3.57. The average Bonchev–Trinajstić information content (AvgIpc) is 3.42. The van der Waals surface area contributed by atoms with Crippen LogP contribution in [0.4, 0.5) is 0 Å². The number of allylic oxidation sites excluding steroid dienone is 2. The van der Waals surface area contributed by atoms with Gasteiger partial charge in [0, 0.05) is 54.8 Å². The molecule has 7 nitrogen and oxygen atoms in total. The monoisotopic (exact) mass is 380 g/mol. The molecule has 1 aromatic heterocycles. The Kier molecular flexibility index (Phi) is 4.77. The van der Waals surface area contributed by atoms with Crippen LogP contribution in [0.15, 0.2) is 54.6 Å². The highest BCUT2D eigenvalue weighted by atomic mass is 16.3. The van der Waals surface area contributed by atoms with Crippen molar-refractivity contribution in [2.75, 3.05) is 33.2 Å². The maximum absolute atomic E-state index is 10.4. The Morgan fingerprint density at radius 3 is 2.68 bits per heavy atom. The number of phenolic OH excluding ortho intramolecular Hbond substituents is 1. The quantitative estimate of drug-likeness (QED) is 0.699. The Labute approximate surface area is 165 Å². The molecule has 2 aromatic rings. The van der Waals surface area contributed by atoms with E-state index >= 15 is 0 Å². The first-order chi connectivity index (χ1) is 13.5. The fraction of sp³-hybridized carbons (Fsp3) is 0.381. The zero-order valence-corrected chi connectivity index (χ0v) is 16.3. The van der Waals surface area contributed by atoms with Gasteiger partial charge in [0.15, 0.2) is 0 Å². The predicted octanol–water partition coefficient (Wildman–Crippen LogP) is 1.71. The number of rotatable bonds is 4. The number of aromatic hydroxyl groups is 1. The van der Waals surface area contributed by atoms with Gasteiger partial charge in [-0.1, -0.05) is 0 Å². The summed E-state index contributed by atoms with van der Waals surface area (Å²) in [6, 6.07) is 7.15. The maximum atomic E-state index is 10.4. The molecular formula is C21H28N6O. The topological polar surface area (TPSA) is 96.6 Å². The third-order valence-corrected chi connectivity index (χ3v) is 5.93. The van der Waals surface area contributed by atoms with Crippen molar-refractivity contribution >= 4 is 5.70 Å². The SMILES string of the molecule is CN1CCC2(CCN(/C(N)=C/C=C(\N)c3ccc(-n4cccn4)cc3O)C2)C1. The number of nitrogens with two attached hydrogens (primary N) is 2. The van der Waals surface area contributed by atoms with E-state index in [1.165, 1.54) is 12.8 Å². The fourth-order valence-electron chi connectivity index (χ4n) is 4.35. The molecule has 0 saturated carbocycles. The molecule has 2 aliphatic rings. The van der Waals surface area contributed by atoms with E-state index in [0.29, 0.717) is 16.7 Å². The lowest BCUT2D eigenvalue weighted by atomic mass is 9.86. The molecule has 4 rings (SSSR count). The smallest absolute Gasteiger partial charge is 0.127 e. The number of hydrogen-bond acceptors (Lipinski definition) is 6. The number of aromatic nitrogens is 2. The molecule has 2 aliphatic heterocycles. The van der Waals surface area contributed by atoms with Crippen molar-refractivity contribution in [3.63, 3.8) is 0 Å². The van der Waals surface area contributed by atoms with Crippen molar-refractivity contribution < 1.29 is 5.11 Å². The molecule has 0 aliphatic carbocycles. The van der Waals surface area contributed by atoms with Gasteiger partial charge in [-0.25, -0.2) is 4.68 Å². The Balaban J connectivity index is 1.47. The van der Waals surface area contributed by atoms with Crippen LogP contribution in [-0.4, -0.2) is 57.9 Å². The van der Waals surface area contributed by atoms with E-state index in [2.05, 4.69) is 21.9 Å². The minimum atomic E-state index is 0.114. The second-order valence-electron chi connectivity index (χ2n) is 8.02. The molecule has 2 fully saturated rings. The molecular weight excluding hydrogens is 352 g/mol. The van der Waals surface area contributed by atoms with Crippen molar-refractivity contribution in [2.24, 2.45) is 16.9 Å². The standard InChI is InChI=1S/C21H28N6O/c1-25-11-7-21(14-25)8-12-26(15-21)20(23)6-5-18(22)17-4-3-16(13-19(17)28)27-10-2-9-24-27/h2-6,9-10,13,28H,7-8,11-12,14-15,22-23H2,1H3/b18-5-,20-6+. The van der Waals surface area contributed by atoms with Gasteiger partial charge in [-0.15, -0.1) is 0 Å². The van der Waals surface area contributed by atoms with Crippen LogP contribution in [0.5, 0.6) is 5.75 Å². The third-order valence-electron chi connectivity index (χ3n) is 5.93. The maximum Gasteiger partial charge on any atom is 0.127 e. The highest BCUT2D eigenvalue weighted by Crippen LogP contribution is 2.39. The van der Waals surface area contributed by atoms with Crippen LogP contribution < -0.4 is 11.5 Å². The van der Waals surface area contributed by atoms with Crippen molar-refractivity contribution in [3.05, 3.63) is 60.2 Å². The van der Waals surface area contributed by atoms with Crippen LogP contribution in [0.25, 0.3) is 11.4 Å². The highest BCUT2D eigenvalue weighted by Gasteiger charge is 2.42. The zero-order chi connectivity index (χ0) is 19.7. The second kappa shape index (κ2) is 7.24. The first-order valence-electron chi connectivity index (χ1n) is 9.66. The van der Waals surface area contributed by atoms with Crippen LogP contribution in [0.2, 0.25) is 0 Å².